The molecule has 11 heavy (non-hydrogen) atoms. The number of rotatable bonds is 0. The molecule has 0 atom stereocenters. The van der Waals surface area contributed by atoms with E-state index in [1.807, 2.05) is 42.6 Å². The summed E-state index contributed by atoms with van der Waals surface area (Å²) in [6.07, 6.45) is 9.11. The van der Waals surface area contributed by atoms with Crippen LogP contribution in [0.4, 0.5) is 0 Å². The molecular weight excluding hydrogens is 251 g/mol. The second-order valence-electron chi connectivity index (χ2n) is 2.07. The van der Waals surface area contributed by atoms with Gasteiger partial charge in [0.25, 0.3) is 0 Å². The van der Waals surface area contributed by atoms with Crippen molar-refractivity contribution in [3.8, 4) is 6.07 Å². The maximum atomic E-state index is 8.28. The molecule has 2 nitrogen and oxygen atoms in total. The lowest BCUT2D eigenvalue weighted by Crippen LogP contribution is -2.02. The lowest BCUT2D eigenvalue weighted by Gasteiger charge is -2.10. The third kappa shape index (κ3) is 3.23. The van der Waals surface area contributed by atoms with Gasteiger partial charge in [0.05, 0.1) is 6.07 Å². The second kappa shape index (κ2) is 4.97. The molecule has 0 aromatic carbocycles. The van der Waals surface area contributed by atoms with E-state index in [0.29, 0.717) is 0 Å². The van der Waals surface area contributed by atoms with Crippen LogP contribution in [0.5, 0.6) is 0 Å². The Morgan fingerprint density at radius 3 is 2.45 bits per heavy atom. The Morgan fingerprint density at radius 1 is 1.45 bits per heavy atom. The Hall–Kier alpha value is -0.760. The van der Waals surface area contributed by atoms with Crippen LogP contribution in [0.2, 0.25) is 0 Å². The summed E-state index contributed by atoms with van der Waals surface area (Å²) in [4.78, 5) is 1.93. The summed E-state index contributed by atoms with van der Waals surface area (Å²) in [6.45, 7) is 0. The summed E-state index contributed by atoms with van der Waals surface area (Å²) in [5.74, 6) is 0. The zero-order chi connectivity index (χ0) is 7.40. The Bertz CT molecular complexity index is 229. The Labute approximate surface area is 83.5 Å². The van der Waals surface area contributed by atoms with E-state index in [0.717, 1.165) is 5.57 Å². The molecule has 1 aliphatic heterocycles. The fraction of sp³-hybridized carbons (Fsp3) is 0.125. The van der Waals surface area contributed by atoms with Crippen molar-refractivity contribution >= 4 is 24.0 Å². The SMILES string of the molecule is CN1C=CC(=CC#N)C=C1.I. The lowest BCUT2D eigenvalue weighted by molar-refractivity contribution is 0.620. The molecule has 1 aliphatic rings. The van der Waals surface area contributed by atoms with Crippen LogP contribution >= 0.6 is 24.0 Å². The minimum absolute atomic E-state index is 0. The summed E-state index contributed by atoms with van der Waals surface area (Å²) < 4.78 is 0. The topological polar surface area (TPSA) is 27.0 Å². The third-order valence-corrected chi connectivity index (χ3v) is 1.24. The molecule has 0 N–H and O–H groups in total. The first-order chi connectivity index (χ1) is 4.83. The Kier molecular flexibility index (Phi) is 4.62. The van der Waals surface area contributed by atoms with E-state index in [-0.39, 0.29) is 24.0 Å². The molecule has 0 saturated carbocycles. The van der Waals surface area contributed by atoms with Crippen LogP contribution < -0.4 is 0 Å². The predicted molar refractivity (Wildman–Crippen MR) is 55.2 cm³/mol. The molecule has 0 saturated heterocycles. The van der Waals surface area contributed by atoms with Crippen molar-refractivity contribution in [1.82, 2.24) is 4.90 Å². The number of nitrogens with zero attached hydrogens (tertiary/aromatic N) is 2. The molecule has 3 heteroatoms. The standard InChI is InChI=1S/C8H8N2.HI/c1-10-6-3-8(2-5-9)4-7-10;/h2-4,6-7H,1H3;1H. The molecular formula is C8H9IN2. The molecule has 58 valence electrons. The van der Waals surface area contributed by atoms with Gasteiger partial charge in [-0.3, -0.25) is 0 Å². The van der Waals surface area contributed by atoms with Crippen molar-refractivity contribution in [3.05, 3.63) is 36.2 Å². The minimum Gasteiger partial charge on any atom is -0.357 e. The molecule has 0 aromatic heterocycles. The zero-order valence-electron chi connectivity index (χ0n) is 6.19. The molecule has 0 bridgehead atoms. The van der Waals surface area contributed by atoms with E-state index in [4.69, 9.17) is 5.26 Å². The van der Waals surface area contributed by atoms with Crippen LogP contribution in [0.15, 0.2) is 36.2 Å². The minimum atomic E-state index is 0. The fourth-order valence-corrected chi connectivity index (χ4v) is 0.683. The molecule has 0 fully saturated rings. The van der Waals surface area contributed by atoms with Crippen LogP contribution in [-0.4, -0.2) is 11.9 Å². The van der Waals surface area contributed by atoms with Crippen molar-refractivity contribution in [1.29, 1.82) is 5.26 Å². The van der Waals surface area contributed by atoms with E-state index in [1.54, 1.807) is 0 Å². The monoisotopic (exact) mass is 260 g/mol. The normalized spacial score (nSPS) is 13.8. The van der Waals surface area contributed by atoms with E-state index in [1.165, 1.54) is 6.08 Å². The first-order valence-corrected chi connectivity index (χ1v) is 3.01. The number of allylic oxidation sites excluding steroid dienone is 4. The third-order valence-electron chi connectivity index (χ3n) is 1.24. The average molecular weight is 260 g/mol. The molecule has 0 radical (unpaired) electrons. The van der Waals surface area contributed by atoms with Crippen molar-refractivity contribution in [3.63, 3.8) is 0 Å². The largest absolute Gasteiger partial charge is 0.357 e. The first kappa shape index (κ1) is 10.2. The highest BCUT2D eigenvalue weighted by molar-refractivity contribution is 14.0. The lowest BCUT2D eigenvalue weighted by atomic mass is 10.2. The molecule has 0 aromatic rings. The van der Waals surface area contributed by atoms with E-state index >= 15 is 0 Å². The van der Waals surface area contributed by atoms with Gasteiger partial charge < -0.3 is 4.90 Å². The maximum Gasteiger partial charge on any atom is 0.0918 e. The highest BCUT2D eigenvalue weighted by atomic mass is 127. The van der Waals surface area contributed by atoms with Crippen LogP contribution in [0.25, 0.3) is 0 Å². The Morgan fingerprint density at radius 2 is 2.00 bits per heavy atom. The van der Waals surface area contributed by atoms with E-state index in [9.17, 15) is 0 Å². The van der Waals surface area contributed by atoms with E-state index < -0.39 is 0 Å². The van der Waals surface area contributed by atoms with Gasteiger partial charge >= 0.3 is 0 Å². The quantitative estimate of drug-likeness (QED) is 0.492. The van der Waals surface area contributed by atoms with Crippen molar-refractivity contribution in [2.24, 2.45) is 0 Å². The van der Waals surface area contributed by atoms with Gasteiger partial charge in [0.2, 0.25) is 0 Å². The highest BCUT2D eigenvalue weighted by Crippen LogP contribution is 2.05. The maximum absolute atomic E-state index is 8.28. The van der Waals surface area contributed by atoms with Crippen LogP contribution in [0, 0.1) is 11.3 Å². The van der Waals surface area contributed by atoms with Crippen molar-refractivity contribution < 1.29 is 0 Å². The summed E-state index contributed by atoms with van der Waals surface area (Å²) in [7, 11) is 1.94. The predicted octanol–water partition coefficient (Wildman–Crippen LogP) is 2.03. The van der Waals surface area contributed by atoms with Crippen LogP contribution in [0.1, 0.15) is 0 Å². The van der Waals surface area contributed by atoms with Crippen LogP contribution in [0.3, 0.4) is 0 Å². The van der Waals surface area contributed by atoms with Gasteiger partial charge in [-0.1, -0.05) is 0 Å². The molecule has 0 spiro atoms. The smallest absolute Gasteiger partial charge is 0.0918 e. The van der Waals surface area contributed by atoms with Gasteiger partial charge in [-0.15, -0.1) is 24.0 Å². The fourth-order valence-electron chi connectivity index (χ4n) is 0.683. The van der Waals surface area contributed by atoms with Gasteiger partial charge in [-0.25, -0.2) is 0 Å². The molecule has 1 rings (SSSR count). The van der Waals surface area contributed by atoms with Gasteiger partial charge in [0.15, 0.2) is 0 Å². The van der Waals surface area contributed by atoms with Gasteiger partial charge in [-0.05, 0) is 17.7 Å². The Balaban J connectivity index is 0.000001000. The number of hydrogen-bond donors (Lipinski definition) is 0. The molecule has 1 heterocycles. The highest BCUT2D eigenvalue weighted by Gasteiger charge is 1.92. The van der Waals surface area contributed by atoms with Crippen molar-refractivity contribution in [2.75, 3.05) is 7.05 Å². The number of nitriles is 1. The van der Waals surface area contributed by atoms with Crippen LogP contribution in [-0.2, 0) is 0 Å². The molecule has 0 unspecified atom stereocenters. The summed E-state index contributed by atoms with van der Waals surface area (Å²) >= 11 is 0. The first-order valence-electron chi connectivity index (χ1n) is 3.01. The number of halogens is 1. The summed E-state index contributed by atoms with van der Waals surface area (Å²) in [5.41, 5.74) is 0.945. The van der Waals surface area contributed by atoms with Gasteiger partial charge in [0, 0.05) is 25.5 Å². The zero-order valence-corrected chi connectivity index (χ0v) is 8.52. The van der Waals surface area contributed by atoms with Crippen molar-refractivity contribution in [2.45, 2.75) is 0 Å². The summed E-state index contributed by atoms with van der Waals surface area (Å²) in [5, 5.41) is 8.28. The number of hydrogen-bond acceptors (Lipinski definition) is 2. The van der Waals surface area contributed by atoms with Gasteiger partial charge in [0.1, 0.15) is 0 Å². The molecule has 0 aliphatic carbocycles. The summed E-state index contributed by atoms with van der Waals surface area (Å²) in [6, 6.07) is 1.97. The average Bonchev–Trinajstić information content (AvgIpc) is 1.95. The van der Waals surface area contributed by atoms with Gasteiger partial charge in [-0.2, -0.15) is 5.26 Å². The second-order valence-corrected chi connectivity index (χ2v) is 2.07. The molecule has 0 amide bonds. The van der Waals surface area contributed by atoms with E-state index in [2.05, 4.69) is 0 Å².